The maximum Gasteiger partial charge on any atom is 0.150 e. The van der Waals surface area contributed by atoms with Crippen molar-refractivity contribution in [3.05, 3.63) is 5.69 Å². The van der Waals surface area contributed by atoms with Crippen molar-refractivity contribution in [2.24, 2.45) is 7.05 Å². The van der Waals surface area contributed by atoms with E-state index in [1.54, 1.807) is 0 Å². The van der Waals surface area contributed by atoms with E-state index >= 15 is 0 Å². The van der Waals surface area contributed by atoms with Crippen LogP contribution in [0.5, 0.6) is 0 Å². The lowest BCUT2D eigenvalue weighted by Gasteiger charge is -2.36. The van der Waals surface area contributed by atoms with Gasteiger partial charge in [0.25, 0.3) is 0 Å². The number of hydrogen-bond acceptors (Lipinski definition) is 5. The molecule has 1 aromatic heterocycles. The SMILES string of the molecule is CCc1nn(C)c(N2CCN(CCN(C)C)CC2)c1N. The van der Waals surface area contributed by atoms with Gasteiger partial charge < -0.3 is 15.5 Å². The van der Waals surface area contributed by atoms with E-state index in [4.69, 9.17) is 5.73 Å². The van der Waals surface area contributed by atoms with Crippen LogP contribution in [0.25, 0.3) is 0 Å². The lowest BCUT2D eigenvalue weighted by atomic mass is 10.2. The lowest BCUT2D eigenvalue weighted by molar-refractivity contribution is 0.229. The summed E-state index contributed by atoms with van der Waals surface area (Å²) in [4.78, 5) is 7.12. The number of aromatic nitrogens is 2. The van der Waals surface area contributed by atoms with E-state index < -0.39 is 0 Å². The molecule has 0 unspecified atom stereocenters. The predicted molar refractivity (Wildman–Crippen MR) is 84.2 cm³/mol. The third-order valence-corrected chi connectivity index (χ3v) is 4.00. The van der Waals surface area contributed by atoms with E-state index in [0.717, 1.165) is 62.9 Å². The Morgan fingerprint density at radius 1 is 1.20 bits per heavy atom. The average Bonchev–Trinajstić information content (AvgIpc) is 2.72. The van der Waals surface area contributed by atoms with E-state index in [0.29, 0.717) is 0 Å². The number of hydrogen-bond donors (Lipinski definition) is 1. The summed E-state index contributed by atoms with van der Waals surface area (Å²) in [6.45, 7) is 8.61. The normalized spacial score (nSPS) is 17.1. The monoisotopic (exact) mass is 280 g/mol. The molecule has 0 radical (unpaired) electrons. The molecule has 6 heteroatoms. The molecule has 1 fully saturated rings. The van der Waals surface area contributed by atoms with Crippen LogP contribution < -0.4 is 10.6 Å². The molecule has 1 aliphatic heterocycles. The number of piperazine rings is 1. The van der Waals surface area contributed by atoms with Crippen LogP contribution >= 0.6 is 0 Å². The van der Waals surface area contributed by atoms with Gasteiger partial charge in [-0.05, 0) is 20.5 Å². The van der Waals surface area contributed by atoms with Crippen LogP contribution in [0.2, 0.25) is 0 Å². The van der Waals surface area contributed by atoms with Crippen molar-refractivity contribution < 1.29 is 0 Å². The molecule has 0 amide bonds. The topological polar surface area (TPSA) is 53.6 Å². The van der Waals surface area contributed by atoms with Gasteiger partial charge in [0.05, 0.1) is 11.4 Å². The minimum absolute atomic E-state index is 0.858. The van der Waals surface area contributed by atoms with E-state index in [-0.39, 0.29) is 0 Å². The summed E-state index contributed by atoms with van der Waals surface area (Å²) in [5, 5.41) is 4.51. The smallest absolute Gasteiger partial charge is 0.150 e. The van der Waals surface area contributed by atoms with Gasteiger partial charge in [-0.3, -0.25) is 9.58 Å². The van der Waals surface area contributed by atoms with Crippen LogP contribution in [0.15, 0.2) is 0 Å². The van der Waals surface area contributed by atoms with Gasteiger partial charge in [0.2, 0.25) is 0 Å². The first-order valence-electron chi connectivity index (χ1n) is 7.46. The van der Waals surface area contributed by atoms with Crippen LogP contribution in [0.4, 0.5) is 11.5 Å². The molecule has 0 spiro atoms. The fourth-order valence-corrected chi connectivity index (χ4v) is 2.75. The first kappa shape index (κ1) is 15.1. The van der Waals surface area contributed by atoms with Crippen molar-refractivity contribution >= 4 is 11.5 Å². The van der Waals surface area contributed by atoms with Crippen LogP contribution in [-0.4, -0.2) is 72.9 Å². The average molecular weight is 280 g/mol. The van der Waals surface area contributed by atoms with Gasteiger partial charge in [0.15, 0.2) is 0 Å². The standard InChI is InChI=1S/C14H28N6/c1-5-12-13(15)14(18(4)16-12)20-10-8-19(9-11-20)7-6-17(2)3/h5-11,15H2,1-4H3. The second-order valence-electron chi connectivity index (χ2n) is 5.79. The molecule has 1 saturated heterocycles. The van der Waals surface area contributed by atoms with Gasteiger partial charge in [0.1, 0.15) is 5.82 Å². The predicted octanol–water partition coefficient (Wildman–Crippen LogP) is 0.248. The molecular weight excluding hydrogens is 252 g/mol. The highest BCUT2D eigenvalue weighted by molar-refractivity contribution is 5.66. The molecular formula is C14H28N6. The van der Waals surface area contributed by atoms with Gasteiger partial charge in [0, 0.05) is 46.3 Å². The Kier molecular flexibility index (Phi) is 4.88. The number of anilines is 2. The molecule has 6 nitrogen and oxygen atoms in total. The number of nitrogen functional groups attached to an aromatic ring is 1. The summed E-state index contributed by atoms with van der Waals surface area (Å²) in [7, 11) is 6.24. The van der Waals surface area contributed by atoms with E-state index in [1.807, 2.05) is 11.7 Å². The van der Waals surface area contributed by atoms with Gasteiger partial charge in [-0.15, -0.1) is 0 Å². The molecule has 2 rings (SSSR count). The first-order chi connectivity index (χ1) is 9.52. The highest BCUT2D eigenvalue weighted by Crippen LogP contribution is 2.27. The highest BCUT2D eigenvalue weighted by atomic mass is 15.4. The van der Waals surface area contributed by atoms with Crippen molar-refractivity contribution in [1.29, 1.82) is 0 Å². The van der Waals surface area contributed by atoms with Crippen LogP contribution in [-0.2, 0) is 13.5 Å². The summed E-state index contributed by atoms with van der Waals surface area (Å²) in [5.74, 6) is 1.09. The Bertz CT molecular complexity index is 431. The summed E-state index contributed by atoms with van der Waals surface area (Å²) < 4.78 is 1.93. The highest BCUT2D eigenvalue weighted by Gasteiger charge is 2.22. The molecule has 0 saturated carbocycles. The van der Waals surface area contributed by atoms with Crippen molar-refractivity contribution in [2.45, 2.75) is 13.3 Å². The minimum Gasteiger partial charge on any atom is -0.394 e. The summed E-state index contributed by atoms with van der Waals surface area (Å²) >= 11 is 0. The molecule has 0 aromatic carbocycles. The number of aryl methyl sites for hydroxylation is 2. The fourth-order valence-electron chi connectivity index (χ4n) is 2.75. The second-order valence-corrected chi connectivity index (χ2v) is 5.79. The molecule has 1 aromatic rings. The van der Waals surface area contributed by atoms with Crippen molar-refractivity contribution in [3.63, 3.8) is 0 Å². The van der Waals surface area contributed by atoms with Crippen molar-refractivity contribution in [1.82, 2.24) is 19.6 Å². The maximum absolute atomic E-state index is 6.23. The molecule has 2 N–H and O–H groups in total. The zero-order chi connectivity index (χ0) is 14.7. The Hall–Kier alpha value is -1.27. The van der Waals surface area contributed by atoms with E-state index in [2.05, 4.69) is 40.8 Å². The van der Waals surface area contributed by atoms with Gasteiger partial charge >= 0.3 is 0 Å². The lowest BCUT2D eigenvalue weighted by Crippen LogP contribution is -2.48. The zero-order valence-electron chi connectivity index (χ0n) is 13.3. The van der Waals surface area contributed by atoms with Crippen LogP contribution in [0.1, 0.15) is 12.6 Å². The third-order valence-electron chi connectivity index (χ3n) is 4.00. The fraction of sp³-hybridized carbons (Fsp3) is 0.786. The summed E-state index contributed by atoms with van der Waals surface area (Å²) in [6.07, 6.45) is 0.891. The Balaban J connectivity index is 1.95. The maximum atomic E-state index is 6.23. The van der Waals surface area contributed by atoms with E-state index in [1.165, 1.54) is 0 Å². The van der Waals surface area contributed by atoms with E-state index in [9.17, 15) is 0 Å². The number of rotatable bonds is 5. The van der Waals surface area contributed by atoms with Gasteiger partial charge in [-0.25, -0.2) is 0 Å². The second kappa shape index (κ2) is 6.45. The van der Waals surface area contributed by atoms with Gasteiger partial charge in [-0.2, -0.15) is 5.10 Å². The molecule has 114 valence electrons. The first-order valence-corrected chi connectivity index (χ1v) is 7.46. The van der Waals surface area contributed by atoms with Crippen molar-refractivity contribution in [2.75, 3.05) is 64.0 Å². The molecule has 20 heavy (non-hydrogen) atoms. The molecule has 0 atom stereocenters. The number of likely N-dealkylation sites (N-methyl/N-ethyl adjacent to an activating group) is 1. The Labute approximate surface area is 122 Å². The number of nitrogens with two attached hydrogens (primary N) is 1. The summed E-state index contributed by atoms with van der Waals surface area (Å²) in [5.41, 5.74) is 8.10. The molecule has 1 aliphatic rings. The number of nitrogens with zero attached hydrogens (tertiary/aromatic N) is 5. The molecule has 2 heterocycles. The minimum atomic E-state index is 0.858. The quantitative estimate of drug-likeness (QED) is 0.838. The molecule has 0 bridgehead atoms. The Morgan fingerprint density at radius 2 is 1.85 bits per heavy atom. The summed E-state index contributed by atoms with van der Waals surface area (Å²) in [6, 6.07) is 0. The van der Waals surface area contributed by atoms with Crippen LogP contribution in [0, 0.1) is 0 Å². The molecule has 0 aliphatic carbocycles. The van der Waals surface area contributed by atoms with Crippen molar-refractivity contribution in [3.8, 4) is 0 Å². The zero-order valence-corrected chi connectivity index (χ0v) is 13.3. The van der Waals surface area contributed by atoms with Gasteiger partial charge in [-0.1, -0.05) is 6.92 Å². The Morgan fingerprint density at radius 3 is 2.35 bits per heavy atom. The van der Waals surface area contributed by atoms with Crippen LogP contribution in [0.3, 0.4) is 0 Å². The largest absolute Gasteiger partial charge is 0.394 e. The third kappa shape index (κ3) is 3.24.